The molecule has 0 unspecified atom stereocenters. The van der Waals surface area contributed by atoms with Crippen molar-refractivity contribution in [1.29, 1.82) is 0 Å². The average Bonchev–Trinajstić information content (AvgIpc) is 3.20. The molecule has 1 N–H and O–H groups in total. The minimum Gasteiger partial charge on any atom is -0.348 e. The van der Waals surface area contributed by atoms with E-state index in [9.17, 15) is 13.2 Å². The van der Waals surface area contributed by atoms with E-state index in [4.69, 9.17) is 11.6 Å². The van der Waals surface area contributed by atoms with Crippen LogP contribution in [0, 0.1) is 0 Å². The van der Waals surface area contributed by atoms with E-state index in [1.807, 2.05) is 22.9 Å². The minimum atomic E-state index is -3.83. The number of carbonyl (C=O) groups is 1. The van der Waals surface area contributed by atoms with Gasteiger partial charge >= 0.3 is 0 Å². The van der Waals surface area contributed by atoms with Gasteiger partial charge < -0.3 is 5.32 Å². The molecule has 0 aliphatic rings. The summed E-state index contributed by atoms with van der Waals surface area (Å²) in [6, 6.07) is 14.7. The largest absolute Gasteiger partial charge is 0.348 e. The predicted molar refractivity (Wildman–Crippen MR) is 109 cm³/mol. The first-order valence-corrected chi connectivity index (χ1v) is 10.8. The predicted octanol–water partition coefficient (Wildman–Crippen LogP) is 4.16. The maximum Gasteiger partial charge on any atom is 0.264 e. The van der Waals surface area contributed by atoms with Crippen LogP contribution in [-0.4, -0.2) is 21.4 Å². The second-order valence-corrected chi connectivity index (χ2v) is 8.92. The molecule has 0 spiro atoms. The van der Waals surface area contributed by atoms with E-state index in [1.165, 1.54) is 40.9 Å². The van der Waals surface area contributed by atoms with Crippen LogP contribution in [0.2, 0.25) is 5.02 Å². The van der Waals surface area contributed by atoms with Crippen molar-refractivity contribution in [2.45, 2.75) is 11.4 Å². The van der Waals surface area contributed by atoms with Crippen LogP contribution in [0.15, 0.2) is 70.3 Å². The zero-order valence-electron chi connectivity index (χ0n) is 14.4. The van der Waals surface area contributed by atoms with Crippen molar-refractivity contribution >= 4 is 44.6 Å². The van der Waals surface area contributed by atoms with Gasteiger partial charge in [0.1, 0.15) is 0 Å². The Balaban J connectivity index is 1.86. The third kappa shape index (κ3) is 4.32. The smallest absolute Gasteiger partial charge is 0.264 e. The Morgan fingerprint density at radius 1 is 1.15 bits per heavy atom. The Morgan fingerprint density at radius 3 is 2.56 bits per heavy atom. The monoisotopic (exact) mass is 420 g/mol. The number of amides is 1. The molecule has 5 nitrogen and oxygen atoms in total. The van der Waals surface area contributed by atoms with E-state index in [0.29, 0.717) is 12.2 Å². The van der Waals surface area contributed by atoms with Crippen LogP contribution in [0.5, 0.6) is 0 Å². The second kappa shape index (κ2) is 8.12. The lowest BCUT2D eigenvalue weighted by Crippen LogP contribution is -2.27. The van der Waals surface area contributed by atoms with Gasteiger partial charge in [0.05, 0.1) is 21.2 Å². The van der Waals surface area contributed by atoms with E-state index >= 15 is 0 Å². The summed E-state index contributed by atoms with van der Waals surface area (Å²) in [5.41, 5.74) is 1.61. The molecule has 140 valence electrons. The lowest BCUT2D eigenvalue weighted by Gasteiger charge is -2.20. The topological polar surface area (TPSA) is 66.5 Å². The zero-order chi connectivity index (χ0) is 19.4. The van der Waals surface area contributed by atoms with Crippen molar-refractivity contribution in [3.63, 3.8) is 0 Å². The first-order valence-electron chi connectivity index (χ1n) is 8.02. The van der Waals surface area contributed by atoms with Gasteiger partial charge in [0, 0.05) is 13.6 Å². The minimum absolute atomic E-state index is 0.000985. The van der Waals surface area contributed by atoms with Gasteiger partial charge in [-0.05, 0) is 52.7 Å². The van der Waals surface area contributed by atoms with Crippen LogP contribution in [-0.2, 0) is 16.6 Å². The molecule has 0 fully saturated rings. The maximum absolute atomic E-state index is 12.9. The third-order valence-electron chi connectivity index (χ3n) is 3.99. The molecule has 1 aromatic heterocycles. The van der Waals surface area contributed by atoms with Gasteiger partial charge in [0.2, 0.25) is 0 Å². The van der Waals surface area contributed by atoms with Gasteiger partial charge in [-0.3, -0.25) is 9.10 Å². The molecule has 3 aromatic rings. The number of thiophene rings is 1. The number of rotatable bonds is 6. The number of anilines is 1. The first kappa shape index (κ1) is 19.4. The number of nitrogens with zero attached hydrogens (tertiary/aromatic N) is 1. The summed E-state index contributed by atoms with van der Waals surface area (Å²) in [6.45, 7) is 0.347. The Labute approximate surface area is 167 Å². The van der Waals surface area contributed by atoms with E-state index in [2.05, 4.69) is 5.32 Å². The molecule has 8 heteroatoms. The molecule has 1 amide bonds. The first-order chi connectivity index (χ1) is 12.9. The molecule has 0 aliphatic carbocycles. The number of benzene rings is 2. The van der Waals surface area contributed by atoms with Gasteiger partial charge in [-0.1, -0.05) is 29.8 Å². The van der Waals surface area contributed by atoms with Crippen LogP contribution in [0.3, 0.4) is 0 Å². The molecule has 27 heavy (non-hydrogen) atoms. The summed E-state index contributed by atoms with van der Waals surface area (Å²) in [6.07, 6.45) is 0. The Bertz CT molecular complexity index is 1040. The van der Waals surface area contributed by atoms with Crippen molar-refractivity contribution in [2.75, 3.05) is 11.4 Å². The number of halogens is 1. The molecule has 0 saturated heterocycles. The van der Waals surface area contributed by atoms with Crippen LogP contribution >= 0.6 is 22.9 Å². The highest BCUT2D eigenvalue weighted by atomic mass is 35.5. The fourth-order valence-electron chi connectivity index (χ4n) is 2.44. The molecule has 0 aliphatic heterocycles. The number of hydrogen-bond donors (Lipinski definition) is 1. The summed E-state index contributed by atoms with van der Waals surface area (Å²) in [5.74, 6) is -0.425. The number of carbonyl (C=O) groups excluding carboxylic acids is 1. The van der Waals surface area contributed by atoms with Crippen molar-refractivity contribution in [3.05, 3.63) is 81.5 Å². The van der Waals surface area contributed by atoms with Gasteiger partial charge in [-0.25, -0.2) is 8.42 Å². The number of nitrogens with one attached hydrogen (secondary N) is 1. The van der Waals surface area contributed by atoms with Crippen molar-refractivity contribution in [1.82, 2.24) is 5.32 Å². The zero-order valence-corrected chi connectivity index (χ0v) is 16.8. The van der Waals surface area contributed by atoms with Crippen LogP contribution < -0.4 is 9.62 Å². The van der Waals surface area contributed by atoms with E-state index in [-0.39, 0.29) is 15.5 Å². The molecule has 1 heterocycles. The van der Waals surface area contributed by atoms with E-state index in [0.717, 1.165) is 5.56 Å². The summed E-state index contributed by atoms with van der Waals surface area (Å²) in [7, 11) is -2.36. The fraction of sp³-hybridized carbons (Fsp3) is 0.105. The molecule has 0 radical (unpaired) electrons. The summed E-state index contributed by atoms with van der Waals surface area (Å²) in [4.78, 5) is 12.5. The van der Waals surface area contributed by atoms with Crippen molar-refractivity contribution in [3.8, 4) is 0 Å². The lowest BCUT2D eigenvalue weighted by molar-refractivity contribution is 0.0951. The van der Waals surface area contributed by atoms with Gasteiger partial charge in [-0.2, -0.15) is 11.3 Å². The molecular formula is C19H17ClN2O3S2. The summed E-state index contributed by atoms with van der Waals surface area (Å²) < 4.78 is 27.0. The molecule has 3 rings (SSSR count). The van der Waals surface area contributed by atoms with Crippen LogP contribution in [0.4, 0.5) is 5.69 Å². The molecule has 0 saturated carbocycles. The van der Waals surface area contributed by atoms with Crippen LogP contribution in [0.25, 0.3) is 0 Å². The highest BCUT2D eigenvalue weighted by molar-refractivity contribution is 7.92. The Morgan fingerprint density at radius 2 is 1.89 bits per heavy atom. The van der Waals surface area contributed by atoms with Crippen LogP contribution in [0.1, 0.15) is 15.9 Å². The molecule has 0 atom stereocenters. The Hall–Kier alpha value is -2.35. The summed E-state index contributed by atoms with van der Waals surface area (Å²) in [5, 5.41) is 6.80. The van der Waals surface area contributed by atoms with Gasteiger partial charge in [0.15, 0.2) is 0 Å². The normalized spacial score (nSPS) is 11.2. The highest BCUT2D eigenvalue weighted by Gasteiger charge is 2.23. The van der Waals surface area contributed by atoms with E-state index < -0.39 is 15.9 Å². The standard InChI is InChI=1S/C19H17ClN2O3S2/c1-22(15-5-3-2-4-6-15)27(24,25)16-7-8-18(20)17(11-16)19(23)21-12-14-9-10-26-13-14/h2-11,13H,12H2,1H3,(H,21,23). The van der Waals surface area contributed by atoms with Gasteiger partial charge in [-0.15, -0.1) is 0 Å². The SMILES string of the molecule is CN(c1ccccc1)S(=O)(=O)c1ccc(Cl)c(C(=O)NCc2ccsc2)c1. The quantitative estimate of drug-likeness (QED) is 0.651. The second-order valence-electron chi connectivity index (χ2n) is 5.76. The lowest BCUT2D eigenvalue weighted by atomic mass is 10.2. The number of para-hydroxylation sites is 1. The number of sulfonamides is 1. The maximum atomic E-state index is 12.9. The highest BCUT2D eigenvalue weighted by Crippen LogP contribution is 2.25. The summed E-state index contributed by atoms with van der Waals surface area (Å²) >= 11 is 7.67. The van der Waals surface area contributed by atoms with Crippen molar-refractivity contribution in [2.24, 2.45) is 0 Å². The third-order valence-corrected chi connectivity index (χ3v) is 6.84. The molecule has 0 bridgehead atoms. The average molecular weight is 421 g/mol. The van der Waals surface area contributed by atoms with E-state index in [1.54, 1.807) is 24.3 Å². The molecular weight excluding hydrogens is 404 g/mol. The van der Waals surface area contributed by atoms with Gasteiger partial charge in [0.25, 0.3) is 15.9 Å². The Kier molecular flexibility index (Phi) is 5.84. The fourth-order valence-corrected chi connectivity index (χ4v) is 4.54. The molecule has 2 aromatic carbocycles. The number of hydrogen-bond acceptors (Lipinski definition) is 4. The van der Waals surface area contributed by atoms with Crippen molar-refractivity contribution < 1.29 is 13.2 Å².